The van der Waals surface area contributed by atoms with Crippen molar-refractivity contribution < 1.29 is 9.13 Å². The van der Waals surface area contributed by atoms with Gasteiger partial charge in [0.1, 0.15) is 0 Å². The SMILES string of the molecule is COc1ccc(-c2n[nH]c(=S)n2C2CC2)cc1F. The summed E-state index contributed by atoms with van der Waals surface area (Å²) in [4.78, 5) is 0. The molecule has 94 valence electrons. The third-order valence-electron chi connectivity index (χ3n) is 3.03. The summed E-state index contributed by atoms with van der Waals surface area (Å²) in [5.41, 5.74) is 0.701. The number of benzene rings is 1. The van der Waals surface area contributed by atoms with Gasteiger partial charge in [-0.3, -0.25) is 9.67 Å². The minimum atomic E-state index is -0.397. The van der Waals surface area contributed by atoms with Crippen molar-refractivity contribution in [2.75, 3.05) is 7.11 Å². The highest BCUT2D eigenvalue weighted by molar-refractivity contribution is 7.71. The number of hydrogen-bond donors (Lipinski definition) is 1. The molecule has 1 N–H and O–H groups in total. The van der Waals surface area contributed by atoms with Gasteiger partial charge in [0.2, 0.25) is 0 Å². The molecule has 1 heterocycles. The Hall–Kier alpha value is -1.69. The quantitative estimate of drug-likeness (QED) is 0.867. The molecule has 0 spiro atoms. The lowest BCUT2D eigenvalue weighted by molar-refractivity contribution is 0.386. The molecule has 0 bridgehead atoms. The second-order valence-corrected chi connectivity index (χ2v) is 4.69. The van der Waals surface area contributed by atoms with Crippen LogP contribution in [0.25, 0.3) is 11.4 Å². The molecule has 18 heavy (non-hydrogen) atoms. The van der Waals surface area contributed by atoms with Crippen LogP contribution in [0.3, 0.4) is 0 Å². The fourth-order valence-electron chi connectivity index (χ4n) is 1.99. The molecule has 3 rings (SSSR count). The van der Waals surface area contributed by atoms with Crippen LogP contribution in [0.1, 0.15) is 18.9 Å². The van der Waals surface area contributed by atoms with Gasteiger partial charge >= 0.3 is 0 Å². The third kappa shape index (κ3) is 1.82. The number of H-pyrrole nitrogens is 1. The van der Waals surface area contributed by atoms with Crippen molar-refractivity contribution in [3.8, 4) is 17.1 Å². The summed E-state index contributed by atoms with van der Waals surface area (Å²) in [6.07, 6.45) is 2.19. The van der Waals surface area contributed by atoms with Gasteiger partial charge in [0.05, 0.1) is 7.11 Å². The molecule has 6 heteroatoms. The second-order valence-electron chi connectivity index (χ2n) is 4.30. The van der Waals surface area contributed by atoms with Crippen LogP contribution in [0.5, 0.6) is 5.75 Å². The summed E-state index contributed by atoms with van der Waals surface area (Å²) >= 11 is 5.20. The van der Waals surface area contributed by atoms with Crippen LogP contribution in [0.15, 0.2) is 18.2 Å². The van der Waals surface area contributed by atoms with Crippen molar-refractivity contribution in [3.63, 3.8) is 0 Å². The molecule has 0 amide bonds. The number of aromatic amines is 1. The second kappa shape index (κ2) is 4.20. The third-order valence-corrected chi connectivity index (χ3v) is 3.31. The molecule has 1 saturated carbocycles. The van der Waals surface area contributed by atoms with Gasteiger partial charge < -0.3 is 4.74 Å². The average molecular weight is 265 g/mol. The zero-order valence-corrected chi connectivity index (χ0v) is 10.6. The number of aromatic nitrogens is 3. The van der Waals surface area contributed by atoms with Crippen molar-refractivity contribution >= 4 is 12.2 Å². The normalized spacial score (nSPS) is 14.8. The fourth-order valence-corrected chi connectivity index (χ4v) is 2.27. The maximum Gasteiger partial charge on any atom is 0.195 e. The van der Waals surface area contributed by atoms with Crippen molar-refractivity contribution in [1.29, 1.82) is 0 Å². The van der Waals surface area contributed by atoms with E-state index in [1.54, 1.807) is 12.1 Å². The van der Waals surface area contributed by atoms with Gasteiger partial charge in [-0.25, -0.2) is 4.39 Å². The van der Waals surface area contributed by atoms with Crippen molar-refractivity contribution in [1.82, 2.24) is 14.8 Å². The highest BCUT2D eigenvalue weighted by Crippen LogP contribution is 2.38. The Morgan fingerprint density at radius 2 is 2.28 bits per heavy atom. The first kappa shape index (κ1) is 11.4. The van der Waals surface area contributed by atoms with Gasteiger partial charge in [-0.2, -0.15) is 5.10 Å². The van der Waals surface area contributed by atoms with Crippen LogP contribution in [-0.4, -0.2) is 21.9 Å². The van der Waals surface area contributed by atoms with E-state index >= 15 is 0 Å². The van der Waals surface area contributed by atoms with E-state index in [9.17, 15) is 4.39 Å². The zero-order valence-electron chi connectivity index (χ0n) is 9.81. The minimum Gasteiger partial charge on any atom is -0.494 e. The molecule has 0 radical (unpaired) electrons. The number of nitrogens with zero attached hydrogens (tertiary/aromatic N) is 2. The molecule has 1 aliphatic carbocycles. The lowest BCUT2D eigenvalue weighted by Crippen LogP contribution is -1.98. The first-order valence-corrected chi connectivity index (χ1v) is 6.12. The molecule has 0 unspecified atom stereocenters. The predicted octanol–water partition coefficient (Wildman–Crippen LogP) is 3.09. The summed E-state index contributed by atoms with van der Waals surface area (Å²) in [7, 11) is 1.44. The van der Waals surface area contributed by atoms with Crippen molar-refractivity contribution in [2.24, 2.45) is 0 Å². The largest absolute Gasteiger partial charge is 0.494 e. The Morgan fingerprint density at radius 1 is 1.50 bits per heavy atom. The van der Waals surface area contributed by atoms with E-state index in [1.165, 1.54) is 13.2 Å². The number of halogens is 1. The van der Waals surface area contributed by atoms with Crippen molar-refractivity contribution in [2.45, 2.75) is 18.9 Å². The predicted molar refractivity (Wildman–Crippen MR) is 67.6 cm³/mol. The molecule has 1 fully saturated rings. The van der Waals surface area contributed by atoms with E-state index in [2.05, 4.69) is 10.2 Å². The summed E-state index contributed by atoms with van der Waals surface area (Å²) in [5, 5.41) is 6.95. The lowest BCUT2D eigenvalue weighted by atomic mass is 10.2. The molecular weight excluding hydrogens is 253 g/mol. The molecule has 0 aliphatic heterocycles. The van der Waals surface area contributed by atoms with Gasteiger partial charge in [-0.1, -0.05) is 0 Å². The summed E-state index contributed by atoms with van der Waals surface area (Å²) in [6.45, 7) is 0. The van der Waals surface area contributed by atoms with E-state index in [4.69, 9.17) is 17.0 Å². The van der Waals surface area contributed by atoms with E-state index in [-0.39, 0.29) is 5.75 Å². The number of ether oxygens (including phenoxy) is 1. The molecule has 1 aromatic heterocycles. The van der Waals surface area contributed by atoms with Gasteiger partial charge in [-0.15, -0.1) is 0 Å². The first-order valence-electron chi connectivity index (χ1n) is 5.71. The lowest BCUT2D eigenvalue weighted by Gasteiger charge is -2.06. The minimum absolute atomic E-state index is 0.228. The number of rotatable bonds is 3. The molecule has 0 atom stereocenters. The number of methoxy groups -OCH3 is 1. The average Bonchev–Trinajstić information content (AvgIpc) is 3.12. The summed E-state index contributed by atoms with van der Waals surface area (Å²) in [5.74, 6) is 0.515. The number of hydrogen-bond acceptors (Lipinski definition) is 3. The maximum atomic E-state index is 13.7. The smallest absolute Gasteiger partial charge is 0.195 e. The standard InChI is InChI=1S/C12H12FN3OS/c1-17-10-5-2-7(6-9(10)13)11-14-15-12(18)16(11)8-3-4-8/h2,5-6,8H,3-4H2,1H3,(H,15,18). The Balaban J connectivity index is 2.09. The molecule has 1 aromatic carbocycles. The van der Waals surface area contributed by atoms with E-state index < -0.39 is 5.82 Å². The monoisotopic (exact) mass is 265 g/mol. The Morgan fingerprint density at radius 3 is 2.89 bits per heavy atom. The Kier molecular flexibility index (Phi) is 2.66. The summed E-state index contributed by atoms with van der Waals surface area (Å²) < 4.78 is 21.1. The fraction of sp³-hybridized carbons (Fsp3) is 0.333. The van der Waals surface area contributed by atoms with Crippen LogP contribution in [0, 0.1) is 10.6 Å². The van der Waals surface area contributed by atoms with Crippen LogP contribution >= 0.6 is 12.2 Å². The highest BCUT2D eigenvalue weighted by atomic mass is 32.1. The van der Waals surface area contributed by atoms with Crippen LogP contribution < -0.4 is 4.74 Å². The van der Waals surface area contributed by atoms with Crippen LogP contribution in [0.4, 0.5) is 4.39 Å². The molecule has 1 aliphatic rings. The van der Waals surface area contributed by atoms with Crippen LogP contribution in [-0.2, 0) is 0 Å². The zero-order chi connectivity index (χ0) is 12.7. The number of nitrogens with one attached hydrogen (secondary N) is 1. The van der Waals surface area contributed by atoms with E-state index in [0.717, 1.165) is 12.8 Å². The van der Waals surface area contributed by atoms with Crippen molar-refractivity contribution in [3.05, 3.63) is 28.8 Å². The Bertz CT molecular complexity index is 645. The van der Waals surface area contributed by atoms with Crippen LogP contribution in [0.2, 0.25) is 0 Å². The molecule has 0 saturated heterocycles. The van der Waals surface area contributed by atoms with E-state index in [0.29, 0.717) is 22.2 Å². The summed E-state index contributed by atoms with van der Waals surface area (Å²) in [6, 6.07) is 5.20. The maximum absolute atomic E-state index is 13.7. The van der Waals surface area contributed by atoms with Gasteiger partial charge in [-0.05, 0) is 43.3 Å². The van der Waals surface area contributed by atoms with Gasteiger partial charge in [0.25, 0.3) is 0 Å². The molecule has 2 aromatic rings. The molecular formula is C12H12FN3OS. The molecule has 4 nitrogen and oxygen atoms in total. The van der Waals surface area contributed by atoms with Gasteiger partial charge in [0.15, 0.2) is 22.2 Å². The van der Waals surface area contributed by atoms with Gasteiger partial charge in [0, 0.05) is 11.6 Å². The highest BCUT2D eigenvalue weighted by Gasteiger charge is 2.27. The first-order chi connectivity index (χ1) is 8.70. The Labute approximate surface area is 108 Å². The van der Waals surface area contributed by atoms with E-state index in [1.807, 2.05) is 4.57 Å². The topological polar surface area (TPSA) is 42.8 Å².